The molecule has 0 aliphatic carbocycles. The number of carbonyl (C=O) groups excluding carboxylic acids is 1. The van der Waals surface area contributed by atoms with Crippen LogP contribution in [0, 0.1) is 0 Å². The van der Waals surface area contributed by atoms with Gasteiger partial charge >= 0.3 is 6.03 Å². The molecule has 0 saturated carbocycles. The first-order valence-corrected chi connectivity index (χ1v) is 7.26. The average molecular weight is 310 g/mol. The third-order valence-electron chi connectivity index (χ3n) is 3.52. The summed E-state index contributed by atoms with van der Waals surface area (Å²) in [5.41, 5.74) is 2.48. The molecule has 2 N–H and O–H groups in total. The number of aromatic nitrogens is 2. The molecule has 3 aromatic rings. The summed E-state index contributed by atoms with van der Waals surface area (Å²) in [5, 5.41) is 2.84. The maximum atomic E-state index is 12.3. The first kappa shape index (κ1) is 14.9. The van der Waals surface area contributed by atoms with Crippen molar-refractivity contribution in [2.24, 2.45) is 0 Å². The number of hydrogen-bond donors (Lipinski definition) is 2. The number of ether oxygens (including phenoxy) is 1. The standard InChI is InChI=1S/C17H18N4O2/c1-21(11-16-18-12-7-3-4-8-13(12)19-16)17(22)20-14-9-5-6-10-15(14)23-2/h3-10H,11H2,1-2H3,(H,18,19)(H,20,22). The van der Waals surface area contributed by atoms with Gasteiger partial charge in [0, 0.05) is 7.05 Å². The Balaban J connectivity index is 1.69. The highest BCUT2D eigenvalue weighted by molar-refractivity contribution is 5.90. The summed E-state index contributed by atoms with van der Waals surface area (Å²) >= 11 is 0. The predicted octanol–water partition coefficient (Wildman–Crippen LogP) is 3.24. The number of hydrogen-bond acceptors (Lipinski definition) is 3. The van der Waals surface area contributed by atoms with E-state index in [-0.39, 0.29) is 6.03 Å². The van der Waals surface area contributed by atoms with Crippen LogP contribution in [0.5, 0.6) is 5.75 Å². The van der Waals surface area contributed by atoms with Crippen molar-refractivity contribution in [1.29, 1.82) is 0 Å². The van der Waals surface area contributed by atoms with Crippen molar-refractivity contribution in [3.8, 4) is 5.75 Å². The molecule has 0 spiro atoms. The van der Waals surface area contributed by atoms with Crippen LogP contribution in [0.3, 0.4) is 0 Å². The summed E-state index contributed by atoms with van der Waals surface area (Å²) in [6, 6.07) is 14.8. The number of benzene rings is 2. The lowest BCUT2D eigenvalue weighted by Gasteiger charge is -2.17. The Bertz CT molecular complexity index is 795. The summed E-state index contributed by atoms with van der Waals surface area (Å²) in [7, 11) is 3.29. The number of carbonyl (C=O) groups is 1. The fourth-order valence-corrected chi connectivity index (χ4v) is 2.34. The van der Waals surface area contributed by atoms with Crippen LogP contribution in [0.1, 0.15) is 5.82 Å². The Labute approximate surface area is 134 Å². The molecule has 0 fully saturated rings. The fourth-order valence-electron chi connectivity index (χ4n) is 2.34. The molecule has 0 aliphatic rings. The molecule has 3 rings (SSSR count). The highest BCUT2D eigenvalue weighted by Gasteiger charge is 2.13. The van der Waals surface area contributed by atoms with Crippen LogP contribution in [-0.2, 0) is 6.54 Å². The van der Waals surface area contributed by atoms with E-state index in [9.17, 15) is 4.79 Å². The summed E-state index contributed by atoms with van der Waals surface area (Å²) in [4.78, 5) is 21.6. The van der Waals surface area contributed by atoms with Gasteiger partial charge < -0.3 is 19.9 Å². The molecule has 0 unspecified atom stereocenters. The lowest BCUT2D eigenvalue weighted by atomic mass is 10.3. The summed E-state index contributed by atoms with van der Waals surface area (Å²) in [6.45, 7) is 0.385. The Kier molecular flexibility index (Phi) is 4.14. The first-order chi connectivity index (χ1) is 11.2. The van der Waals surface area contributed by atoms with Crippen molar-refractivity contribution in [3.63, 3.8) is 0 Å². The maximum absolute atomic E-state index is 12.3. The quantitative estimate of drug-likeness (QED) is 0.777. The van der Waals surface area contributed by atoms with Crippen molar-refractivity contribution in [2.75, 3.05) is 19.5 Å². The molecule has 2 aromatic carbocycles. The number of H-pyrrole nitrogens is 1. The van der Waals surface area contributed by atoms with Crippen LogP contribution in [0.4, 0.5) is 10.5 Å². The molecule has 0 atom stereocenters. The molecule has 6 heteroatoms. The first-order valence-electron chi connectivity index (χ1n) is 7.26. The Hall–Kier alpha value is -3.02. The third kappa shape index (κ3) is 3.26. The zero-order valence-corrected chi connectivity index (χ0v) is 13.0. The van der Waals surface area contributed by atoms with E-state index in [0.29, 0.717) is 18.0 Å². The minimum atomic E-state index is -0.227. The van der Waals surface area contributed by atoms with Crippen molar-refractivity contribution < 1.29 is 9.53 Å². The Morgan fingerprint density at radius 1 is 1.22 bits per heavy atom. The minimum absolute atomic E-state index is 0.227. The molecule has 0 aliphatic heterocycles. The Morgan fingerprint density at radius 3 is 2.74 bits per heavy atom. The molecule has 118 valence electrons. The summed E-state index contributed by atoms with van der Waals surface area (Å²) in [5.74, 6) is 1.36. The number of anilines is 1. The number of para-hydroxylation sites is 4. The van der Waals surface area contributed by atoms with Gasteiger partial charge in [0.1, 0.15) is 11.6 Å². The minimum Gasteiger partial charge on any atom is -0.495 e. The number of amides is 2. The van der Waals surface area contributed by atoms with Crippen molar-refractivity contribution >= 4 is 22.8 Å². The maximum Gasteiger partial charge on any atom is 0.322 e. The molecular weight excluding hydrogens is 292 g/mol. The topological polar surface area (TPSA) is 70.2 Å². The zero-order valence-electron chi connectivity index (χ0n) is 13.0. The van der Waals surface area contributed by atoms with Crippen molar-refractivity contribution in [3.05, 3.63) is 54.4 Å². The highest BCUT2D eigenvalue weighted by Crippen LogP contribution is 2.23. The van der Waals surface area contributed by atoms with E-state index in [0.717, 1.165) is 16.9 Å². The molecule has 0 bridgehead atoms. The van der Waals surface area contributed by atoms with E-state index in [1.165, 1.54) is 0 Å². The number of imidazole rings is 1. The molecule has 1 heterocycles. The molecule has 1 aromatic heterocycles. The van der Waals surface area contributed by atoms with E-state index in [4.69, 9.17) is 4.74 Å². The van der Waals surface area contributed by atoms with Crippen LogP contribution >= 0.6 is 0 Å². The van der Waals surface area contributed by atoms with Gasteiger partial charge in [0.25, 0.3) is 0 Å². The van der Waals surface area contributed by atoms with Gasteiger partial charge in [-0.2, -0.15) is 0 Å². The van der Waals surface area contributed by atoms with Gasteiger partial charge in [0.2, 0.25) is 0 Å². The Morgan fingerprint density at radius 2 is 1.96 bits per heavy atom. The van der Waals surface area contributed by atoms with E-state index >= 15 is 0 Å². The lowest BCUT2D eigenvalue weighted by molar-refractivity contribution is 0.219. The second kappa shape index (κ2) is 6.39. The van der Waals surface area contributed by atoms with Gasteiger partial charge in [0.05, 0.1) is 30.4 Å². The predicted molar refractivity (Wildman–Crippen MR) is 89.6 cm³/mol. The molecular formula is C17H18N4O2. The largest absolute Gasteiger partial charge is 0.495 e. The number of aromatic amines is 1. The second-order valence-electron chi connectivity index (χ2n) is 5.19. The van der Waals surface area contributed by atoms with E-state index < -0.39 is 0 Å². The number of nitrogens with one attached hydrogen (secondary N) is 2. The SMILES string of the molecule is COc1ccccc1NC(=O)N(C)Cc1nc2ccccc2[nH]1. The lowest BCUT2D eigenvalue weighted by Crippen LogP contribution is -2.31. The van der Waals surface area contributed by atoms with Gasteiger partial charge in [-0.15, -0.1) is 0 Å². The van der Waals surface area contributed by atoms with E-state index in [1.54, 1.807) is 31.2 Å². The van der Waals surface area contributed by atoms with E-state index in [2.05, 4.69) is 15.3 Å². The van der Waals surface area contributed by atoms with Crippen molar-refractivity contribution in [1.82, 2.24) is 14.9 Å². The zero-order chi connectivity index (χ0) is 16.2. The highest BCUT2D eigenvalue weighted by atomic mass is 16.5. The summed E-state index contributed by atoms with van der Waals surface area (Å²) < 4.78 is 5.23. The van der Waals surface area contributed by atoms with Crippen LogP contribution in [0.15, 0.2) is 48.5 Å². The van der Waals surface area contributed by atoms with Gasteiger partial charge in [0.15, 0.2) is 0 Å². The van der Waals surface area contributed by atoms with E-state index in [1.807, 2.05) is 36.4 Å². The summed E-state index contributed by atoms with van der Waals surface area (Å²) in [6.07, 6.45) is 0. The monoisotopic (exact) mass is 310 g/mol. The molecule has 23 heavy (non-hydrogen) atoms. The van der Waals surface area contributed by atoms with Gasteiger partial charge in [-0.3, -0.25) is 0 Å². The van der Waals surface area contributed by atoms with Crippen LogP contribution in [-0.4, -0.2) is 35.1 Å². The number of fused-ring (bicyclic) bond motifs is 1. The smallest absolute Gasteiger partial charge is 0.322 e. The van der Waals surface area contributed by atoms with Gasteiger partial charge in [-0.25, -0.2) is 9.78 Å². The number of nitrogens with zero attached hydrogens (tertiary/aromatic N) is 2. The normalized spacial score (nSPS) is 10.5. The molecule has 0 saturated heterocycles. The number of urea groups is 1. The van der Waals surface area contributed by atoms with Crippen LogP contribution < -0.4 is 10.1 Å². The number of methoxy groups -OCH3 is 1. The second-order valence-corrected chi connectivity index (χ2v) is 5.19. The molecule has 0 radical (unpaired) electrons. The van der Waals surface area contributed by atoms with Crippen molar-refractivity contribution in [2.45, 2.75) is 6.54 Å². The average Bonchev–Trinajstić information content (AvgIpc) is 2.97. The molecule has 6 nitrogen and oxygen atoms in total. The fraction of sp³-hybridized carbons (Fsp3) is 0.176. The number of rotatable bonds is 4. The van der Waals surface area contributed by atoms with Crippen LogP contribution in [0.2, 0.25) is 0 Å². The van der Waals surface area contributed by atoms with Gasteiger partial charge in [-0.1, -0.05) is 24.3 Å². The van der Waals surface area contributed by atoms with Crippen LogP contribution in [0.25, 0.3) is 11.0 Å². The third-order valence-corrected chi connectivity index (χ3v) is 3.52. The van der Waals surface area contributed by atoms with Gasteiger partial charge in [-0.05, 0) is 24.3 Å². The molecule has 2 amide bonds.